The van der Waals surface area contributed by atoms with Crippen molar-refractivity contribution in [2.75, 3.05) is 26.2 Å². The molecule has 2 amide bonds. The molecule has 0 saturated carbocycles. The van der Waals surface area contributed by atoms with Crippen LogP contribution in [-0.2, 0) is 11.3 Å². The molecular weight excluding hydrogens is 346 g/mol. The molecule has 0 aliphatic carbocycles. The molecule has 1 saturated heterocycles. The van der Waals surface area contributed by atoms with E-state index >= 15 is 0 Å². The van der Waals surface area contributed by atoms with E-state index in [1.807, 2.05) is 19.9 Å². The maximum Gasteiger partial charge on any atom is 0.409 e. The van der Waals surface area contributed by atoms with Gasteiger partial charge in [-0.1, -0.05) is 12.1 Å². The van der Waals surface area contributed by atoms with Gasteiger partial charge in [0.15, 0.2) is 5.96 Å². The average Bonchev–Trinajstić information content (AvgIpc) is 2.67. The number of nitrogens with one attached hydrogen (secondary N) is 2. The molecule has 4 N–H and O–H groups in total. The maximum absolute atomic E-state index is 11.8. The van der Waals surface area contributed by atoms with E-state index in [0.29, 0.717) is 31.8 Å². The Morgan fingerprint density at radius 2 is 2.04 bits per heavy atom. The van der Waals surface area contributed by atoms with E-state index in [0.717, 1.165) is 30.9 Å². The largest absolute Gasteiger partial charge is 0.450 e. The number of piperidine rings is 1. The number of benzene rings is 1. The standard InChI is InChI=1S/C19H29N5O3/c1-3-21-18(22-13-14-6-5-7-15(12-14)17(20)25)23-16-8-10-24(11-9-16)19(26)27-4-2/h5-7,12,16H,3-4,8-11,13H2,1-2H3,(H2,20,25)(H2,21,22,23). The number of amides is 2. The SMILES string of the molecule is CCNC(=NCc1cccc(C(N)=O)c1)NC1CCN(C(=O)OCC)CC1. The zero-order chi connectivity index (χ0) is 19.6. The van der Waals surface area contributed by atoms with E-state index in [-0.39, 0.29) is 12.1 Å². The van der Waals surface area contributed by atoms with Crippen LogP contribution in [0.2, 0.25) is 0 Å². The highest BCUT2D eigenvalue weighted by molar-refractivity contribution is 5.92. The van der Waals surface area contributed by atoms with Gasteiger partial charge >= 0.3 is 6.09 Å². The third-order valence-corrected chi connectivity index (χ3v) is 4.34. The number of carbonyl (C=O) groups excluding carboxylic acids is 2. The number of rotatable bonds is 6. The minimum absolute atomic E-state index is 0.241. The molecule has 1 aromatic carbocycles. The van der Waals surface area contributed by atoms with Crippen LogP contribution >= 0.6 is 0 Å². The first-order chi connectivity index (χ1) is 13.0. The fraction of sp³-hybridized carbons (Fsp3) is 0.526. The molecule has 0 atom stereocenters. The lowest BCUT2D eigenvalue weighted by molar-refractivity contribution is 0.0961. The summed E-state index contributed by atoms with van der Waals surface area (Å²) in [5, 5.41) is 6.66. The zero-order valence-corrected chi connectivity index (χ0v) is 16.0. The van der Waals surface area contributed by atoms with E-state index in [1.165, 1.54) is 0 Å². The van der Waals surface area contributed by atoms with Gasteiger partial charge in [-0.05, 0) is 44.4 Å². The summed E-state index contributed by atoms with van der Waals surface area (Å²) >= 11 is 0. The van der Waals surface area contributed by atoms with Crippen molar-refractivity contribution in [2.45, 2.75) is 39.3 Å². The second-order valence-corrected chi connectivity index (χ2v) is 6.36. The Balaban J connectivity index is 1.92. The molecule has 8 nitrogen and oxygen atoms in total. The van der Waals surface area contributed by atoms with Gasteiger partial charge in [0.1, 0.15) is 0 Å². The van der Waals surface area contributed by atoms with Gasteiger partial charge in [0.25, 0.3) is 0 Å². The highest BCUT2D eigenvalue weighted by Gasteiger charge is 2.24. The zero-order valence-electron chi connectivity index (χ0n) is 16.0. The lowest BCUT2D eigenvalue weighted by Gasteiger charge is -2.32. The second kappa shape index (κ2) is 10.4. The van der Waals surface area contributed by atoms with Crippen LogP contribution in [0.15, 0.2) is 29.3 Å². The van der Waals surface area contributed by atoms with E-state index in [4.69, 9.17) is 10.5 Å². The molecule has 0 spiro atoms. The van der Waals surface area contributed by atoms with Gasteiger partial charge in [0.05, 0.1) is 13.2 Å². The molecule has 1 heterocycles. The number of ether oxygens (including phenoxy) is 1. The molecular formula is C19H29N5O3. The van der Waals surface area contributed by atoms with Gasteiger partial charge in [0, 0.05) is 31.2 Å². The summed E-state index contributed by atoms with van der Waals surface area (Å²) in [5.41, 5.74) is 6.72. The molecule has 1 aromatic rings. The lowest BCUT2D eigenvalue weighted by Crippen LogP contribution is -2.49. The first kappa shape index (κ1) is 20.5. The number of hydrogen-bond donors (Lipinski definition) is 3. The molecule has 1 fully saturated rings. The van der Waals surface area contributed by atoms with Crippen molar-refractivity contribution in [2.24, 2.45) is 10.7 Å². The summed E-state index contributed by atoms with van der Waals surface area (Å²) in [7, 11) is 0. The molecule has 8 heteroatoms. The van der Waals surface area contributed by atoms with Crippen LogP contribution in [0.3, 0.4) is 0 Å². The van der Waals surface area contributed by atoms with Crippen LogP contribution in [0.1, 0.15) is 42.6 Å². The monoisotopic (exact) mass is 375 g/mol. The summed E-state index contributed by atoms with van der Waals surface area (Å²) in [4.78, 5) is 29.4. The van der Waals surface area contributed by atoms with Crippen molar-refractivity contribution in [3.8, 4) is 0 Å². The maximum atomic E-state index is 11.8. The van der Waals surface area contributed by atoms with Gasteiger partial charge in [0.2, 0.25) is 5.91 Å². The van der Waals surface area contributed by atoms with Crippen LogP contribution in [-0.4, -0.2) is 55.1 Å². The van der Waals surface area contributed by atoms with Crippen LogP contribution in [0, 0.1) is 0 Å². The van der Waals surface area contributed by atoms with Gasteiger partial charge in [-0.3, -0.25) is 4.79 Å². The smallest absolute Gasteiger partial charge is 0.409 e. The molecule has 148 valence electrons. The summed E-state index contributed by atoms with van der Waals surface area (Å²) in [6, 6.07) is 7.41. The Kier molecular flexibility index (Phi) is 7.91. The van der Waals surface area contributed by atoms with E-state index in [1.54, 1.807) is 23.1 Å². The number of carbonyl (C=O) groups is 2. The number of likely N-dealkylation sites (tertiary alicyclic amines) is 1. The number of guanidine groups is 1. The van der Waals surface area contributed by atoms with Crippen LogP contribution in [0.25, 0.3) is 0 Å². The van der Waals surface area contributed by atoms with Crippen LogP contribution in [0.5, 0.6) is 0 Å². The highest BCUT2D eigenvalue weighted by atomic mass is 16.6. The molecule has 0 radical (unpaired) electrons. The molecule has 27 heavy (non-hydrogen) atoms. The third kappa shape index (κ3) is 6.47. The number of hydrogen-bond acceptors (Lipinski definition) is 4. The Morgan fingerprint density at radius 3 is 2.67 bits per heavy atom. The normalized spacial score (nSPS) is 15.3. The number of nitrogens with zero attached hydrogens (tertiary/aromatic N) is 2. The topological polar surface area (TPSA) is 109 Å². The second-order valence-electron chi connectivity index (χ2n) is 6.36. The van der Waals surface area contributed by atoms with E-state index in [9.17, 15) is 9.59 Å². The average molecular weight is 375 g/mol. The molecule has 0 aromatic heterocycles. The van der Waals surface area contributed by atoms with Crippen molar-refractivity contribution in [3.05, 3.63) is 35.4 Å². The highest BCUT2D eigenvalue weighted by Crippen LogP contribution is 2.12. The van der Waals surface area contributed by atoms with E-state index < -0.39 is 5.91 Å². The summed E-state index contributed by atoms with van der Waals surface area (Å²) in [6.07, 6.45) is 1.42. The third-order valence-electron chi connectivity index (χ3n) is 4.34. The van der Waals surface area contributed by atoms with E-state index in [2.05, 4.69) is 15.6 Å². The van der Waals surface area contributed by atoms with Crippen molar-refractivity contribution >= 4 is 18.0 Å². The molecule has 2 rings (SSSR count). The van der Waals surface area contributed by atoms with Crippen molar-refractivity contribution < 1.29 is 14.3 Å². The minimum atomic E-state index is -0.445. The fourth-order valence-corrected chi connectivity index (χ4v) is 2.93. The van der Waals surface area contributed by atoms with Crippen molar-refractivity contribution in [1.29, 1.82) is 0 Å². The van der Waals surface area contributed by atoms with Gasteiger partial charge in [-0.2, -0.15) is 0 Å². The first-order valence-electron chi connectivity index (χ1n) is 9.38. The predicted octanol–water partition coefficient (Wildman–Crippen LogP) is 1.46. The Morgan fingerprint density at radius 1 is 1.30 bits per heavy atom. The number of nitrogens with two attached hydrogens (primary N) is 1. The summed E-state index contributed by atoms with van der Waals surface area (Å²) in [6.45, 7) is 6.73. The van der Waals surface area contributed by atoms with Crippen molar-refractivity contribution in [1.82, 2.24) is 15.5 Å². The van der Waals surface area contributed by atoms with Crippen molar-refractivity contribution in [3.63, 3.8) is 0 Å². The lowest BCUT2D eigenvalue weighted by atomic mass is 10.1. The predicted molar refractivity (Wildman–Crippen MR) is 105 cm³/mol. The quantitative estimate of drug-likeness (QED) is 0.515. The van der Waals surface area contributed by atoms with Gasteiger partial charge < -0.3 is 26.0 Å². The first-order valence-corrected chi connectivity index (χ1v) is 9.38. The van der Waals surface area contributed by atoms with Crippen LogP contribution in [0.4, 0.5) is 4.79 Å². The Hall–Kier alpha value is -2.77. The Bertz CT molecular complexity index is 669. The molecule has 1 aliphatic heterocycles. The summed E-state index contributed by atoms with van der Waals surface area (Å²) < 4.78 is 5.05. The fourth-order valence-electron chi connectivity index (χ4n) is 2.93. The molecule has 0 bridgehead atoms. The summed E-state index contributed by atoms with van der Waals surface area (Å²) in [5.74, 6) is 0.274. The Labute approximate surface area is 160 Å². The molecule has 0 unspecified atom stereocenters. The van der Waals surface area contributed by atoms with Crippen LogP contribution < -0.4 is 16.4 Å². The molecule has 1 aliphatic rings. The minimum Gasteiger partial charge on any atom is -0.450 e. The van der Waals surface area contributed by atoms with Gasteiger partial charge in [-0.15, -0.1) is 0 Å². The van der Waals surface area contributed by atoms with Gasteiger partial charge in [-0.25, -0.2) is 9.79 Å². The number of aliphatic imine (C=N–C) groups is 1. The number of primary amides is 1.